The van der Waals surface area contributed by atoms with Gasteiger partial charge in [0.1, 0.15) is 18.4 Å². The van der Waals surface area contributed by atoms with Crippen molar-refractivity contribution < 1.29 is 28.7 Å². The Morgan fingerprint density at radius 3 is 2.33 bits per heavy atom. The van der Waals surface area contributed by atoms with Crippen LogP contribution in [0.1, 0.15) is 28.8 Å². The summed E-state index contributed by atoms with van der Waals surface area (Å²) in [6, 6.07) is 12.4. The molecule has 0 spiro atoms. The molecule has 1 fully saturated rings. The predicted octanol–water partition coefficient (Wildman–Crippen LogP) is 1.98. The minimum atomic E-state index is -0.714. The van der Waals surface area contributed by atoms with Gasteiger partial charge in [-0.05, 0) is 48.4 Å². The molecule has 1 heterocycles. The van der Waals surface area contributed by atoms with Crippen molar-refractivity contribution in [2.75, 3.05) is 12.4 Å². The minimum Gasteiger partial charge on any atom is -0.497 e. The van der Waals surface area contributed by atoms with E-state index < -0.39 is 23.9 Å². The molecule has 0 radical (unpaired) electrons. The van der Waals surface area contributed by atoms with Gasteiger partial charge < -0.3 is 20.1 Å². The number of ether oxygens (including phenoxy) is 2. The zero-order valence-corrected chi connectivity index (χ0v) is 16.3. The first-order valence-corrected chi connectivity index (χ1v) is 9.26. The fraction of sp³-hybridized carbons (Fsp3) is 0.238. The maximum atomic E-state index is 12.3. The number of anilines is 1. The van der Waals surface area contributed by atoms with E-state index in [1.54, 1.807) is 55.6 Å². The zero-order valence-electron chi connectivity index (χ0n) is 16.3. The van der Waals surface area contributed by atoms with E-state index in [1.807, 2.05) is 0 Å². The molecule has 0 unspecified atom stereocenters. The maximum absolute atomic E-state index is 12.3. The monoisotopic (exact) mass is 411 g/mol. The molecule has 4 amide bonds. The van der Waals surface area contributed by atoms with E-state index >= 15 is 0 Å². The van der Waals surface area contributed by atoms with Crippen LogP contribution in [-0.4, -0.2) is 37.0 Å². The van der Waals surface area contributed by atoms with Crippen LogP contribution in [0.25, 0.3) is 0 Å². The van der Waals surface area contributed by atoms with E-state index in [1.165, 1.54) is 0 Å². The molecule has 0 aromatic heterocycles. The van der Waals surface area contributed by atoms with Crippen LogP contribution < -0.4 is 20.7 Å². The Labute approximate surface area is 172 Å². The zero-order chi connectivity index (χ0) is 21.5. The number of urea groups is 1. The van der Waals surface area contributed by atoms with Crippen molar-refractivity contribution in [3.63, 3.8) is 0 Å². The molecule has 1 atom stereocenters. The number of benzene rings is 2. The molecule has 1 aliphatic rings. The van der Waals surface area contributed by atoms with Gasteiger partial charge >= 0.3 is 12.0 Å². The third-order valence-corrected chi connectivity index (χ3v) is 4.46. The number of hydrogen-bond donors (Lipinski definition) is 3. The van der Waals surface area contributed by atoms with Gasteiger partial charge in [0.2, 0.25) is 0 Å². The Morgan fingerprint density at radius 2 is 1.73 bits per heavy atom. The Hall–Kier alpha value is -3.88. The molecule has 30 heavy (non-hydrogen) atoms. The molecule has 3 rings (SSSR count). The summed E-state index contributed by atoms with van der Waals surface area (Å²) in [7, 11) is 1.57. The number of methoxy groups -OCH3 is 1. The summed E-state index contributed by atoms with van der Waals surface area (Å²) in [5.41, 5.74) is 1.83. The Morgan fingerprint density at radius 1 is 1.03 bits per heavy atom. The van der Waals surface area contributed by atoms with Crippen molar-refractivity contribution in [1.82, 2.24) is 10.6 Å². The highest BCUT2D eigenvalue weighted by atomic mass is 16.5. The molecule has 1 aliphatic heterocycles. The molecule has 3 N–H and O–H groups in total. The normalized spacial score (nSPS) is 15.2. The summed E-state index contributed by atoms with van der Waals surface area (Å²) < 4.78 is 10.3. The quantitative estimate of drug-likeness (QED) is 0.451. The third kappa shape index (κ3) is 5.57. The van der Waals surface area contributed by atoms with Gasteiger partial charge in [-0.15, -0.1) is 0 Å². The van der Waals surface area contributed by atoms with Crippen molar-refractivity contribution in [3.05, 3.63) is 59.7 Å². The average molecular weight is 411 g/mol. The first-order valence-electron chi connectivity index (χ1n) is 9.26. The number of esters is 1. The molecule has 0 saturated carbocycles. The summed E-state index contributed by atoms with van der Waals surface area (Å²) in [6.45, 7) is 0.0441. The van der Waals surface area contributed by atoms with Gasteiger partial charge in [-0.3, -0.25) is 19.7 Å². The molecular formula is C21H21N3O6. The fourth-order valence-electron chi connectivity index (χ4n) is 2.79. The first-order chi connectivity index (χ1) is 14.4. The van der Waals surface area contributed by atoms with Crippen molar-refractivity contribution in [1.29, 1.82) is 0 Å². The Bertz CT molecular complexity index is 940. The van der Waals surface area contributed by atoms with Gasteiger partial charge in [-0.2, -0.15) is 0 Å². The molecule has 0 aliphatic carbocycles. The fourth-order valence-corrected chi connectivity index (χ4v) is 2.79. The van der Waals surface area contributed by atoms with E-state index in [2.05, 4.69) is 16.0 Å². The first kappa shape index (κ1) is 20.8. The van der Waals surface area contributed by atoms with Crippen LogP contribution in [0, 0.1) is 0 Å². The average Bonchev–Trinajstić information content (AvgIpc) is 3.08. The van der Waals surface area contributed by atoms with Crippen molar-refractivity contribution in [2.24, 2.45) is 0 Å². The number of nitrogens with one attached hydrogen (secondary N) is 3. The van der Waals surface area contributed by atoms with Crippen molar-refractivity contribution in [2.45, 2.75) is 25.5 Å². The minimum absolute atomic E-state index is 0.000712. The molecule has 2 aromatic rings. The van der Waals surface area contributed by atoms with Gasteiger partial charge in [0, 0.05) is 17.7 Å². The molecule has 156 valence electrons. The predicted molar refractivity (Wildman–Crippen MR) is 107 cm³/mol. The van der Waals surface area contributed by atoms with Crippen LogP contribution in [0.3, 0.4) is 0 Å². The number of carbonyl (C=O) groups is 4. The number of rotatable bonds is 8. The highest BCUT2D eigenvalue weighted by Gasteiger charge is 2.29. The molecule has 0 bridgehead atoms. The van der Waals surface area contributed by atoms with E-state index in [0.29, 0.717) is 17.0 Å². The third-order valence-electron chi connectivity index (χ3n) is 4.46. The van der Waals surface area contributed by atoms with Crippen LogP contribution >= 0.6 is 0 Å². The van der Waals surface area contributed by atoms with Gasteiger partial charge in [0.05, 0.1) is 7.11 Å². The second-order valence-corrected chi connectivity index (χ2v) is 6.59. The lowest BCUT2D eigenvalue weighted by Gasteiger charge is -2.09. The van der Waals surface area contributed by atoms with E-state index in [4.69, 9.17) is 9.47 Å². The maximum Gasteiger partial charge on any atom is 0.322 e. The van der Waals surface area contributed by atoms with Gasteiger partial charge in [-0.1, -0.05) is 12.1 Å². The van der Waals surface area contributed by atoms with Crippen molar-refractivity contribution >= 4 is 29.5 Å². The molecule has 9 heteroatoms. The van der Waals surface area contributed by atoms with Crippen LogP contribution in [-0.2, 0) is 20.9 Å². The van der Waals surface area contributed by atoms with Crippen LogP contribution in [0.4, 0.5) is 10.5 Å². The topological polar surface area (TPSA) is 123 Å². The Balaban J connectivity index is 1.44. The van der Waals surface area contributed by atoms with E-state index in [0.717, 1.165) is 5.56 Å². The second-order valence-electron chi connectivity index (χ2n) is 6.59. The lowest BCUT2D eigenvalue weighted by Crippen LogP contribution is -2.29. The van der Waals surface area contributed by atoms with Crippen LogP contribution in [0.15, 0.2) is 48.5 Å². The highest BCUT2D eigenvalue weighted by molar-refractivity contribution is 6.04. The van der Waals surface area contributed by atoms with Gasteiger partial charge in [-0.25, -0.2) is 4.79 Å². The van der Waals surface area contributed by atoms with Crippen molar-refractivity contribution in [3.8, 4) is 5.75 Å². The SMILES string of the molecule is COc1ccc(NC(=O)c2ccc(COC(=O)CC[C@H]3NC(=O)NC3=O)cc2)cc1. The van der Waals surface area contributed by atoms with Crippen LogP contribution in [0.5, 0.6) is 5.75 Å². The van der Waals surface area contributed by atoms with Gasteiger partial charge in [0.25, 0.3) is 11.8 Å². The summed E-state index contributed by atoms with van der Waals surface area (Å²) in [4.78, 5) is 46.6. The standard InChI is InChI=1S/C21H21N3O6/c1-29-16-8-6-15(7-9-16)22-19(26)14-4-2-13(3-5-14)12-30-18(25)11-10-17-20(27)24-21(28)23-17/h2-9,17H,10-12H2,1H3,(H,22,26)(H2,23,24,27,28)/t17-/m1/s1. The van der Waals surface area contributed by atoms with E-state index in [-0.39, 0.29) is 25.4 Å². The lowest BCUT2D eigenvalue weighted by molar-refractivity contribution is -0.145. The number of amides is 4. The molecular weight excluding hydrogens is 390 g/mol. The summed E-state index contributed by atoms with van der Waals surface area (Å²) >= 11 is 0. The van der Waals surface area contributed by atoms with Crippen LogP contribution in [0.2, 0.25) is 0 Å². The molecule has 9 nitrogen and oxygen atoms in total. The summed E-state index contributed by atoms with van der Waals surface area (Å²) in [6.07, 6.45) is 0.168. The number of hydrogen-bond acceptors (Lipinski definition) is 6. The largest absolute Gasteiger partial charge is 0.497 e. The molecule has 2 aromatic carbocycles. The van der Waals surface area contributed by atoms with E-state index in [9.17, 15) is 19.2 Å². The Kier molecular flexibility index (Phi) is 6.63. The second kappa shape index (κ2) is 9.55. The van der Waals surface area contributed by atoms with Gasteiger partial charge in [0.15, 0.2) is 0 Å². The number of imide groups is 1. The lowest BCUT2D eigenvalue weighted by atomic mass is 10.1. The highest BCUT2D eigenvalue weighted by Crippen LogP contribution is 2.16. The smallest absolute Gasteiger partial charge is 0.322 e. The molecule has 1 saturated heterocycles. The number of carbonyl (C=O) groups excluding carboxylic acids is 4. The summed E-state index contributed by atoms with van der Waals surface area (Å²) in [5.74, 6) is -0.495. The summed E-state index contributed by atoms with van der Waals surface area (Å²) in [5, 5.41) is 7.31.